The molecule has 0 aliphatic rings. The van der Waals surface area contributed by atoms with E-state index >= 15 is 0 Å². The topological polar surface area (TPSA) is 108 Å². The Hall–Kier alpha value is -3.94. The van der Waals surface area contributed by atoms with Gasteiger partial charge in [0, 0.05) is 30.6 Å². The van der Waals surface area contributed by atoms with Gasteiger partial charge in [-0.2, -0.15) is 0 Å². The number of hydrogen-bond acceptors (Lipinski definition) is 7. The van der Waals surface area contributed by atoms with Gasteiger partial charge in [-0.15, -0.1) is 24.5 Å². The monoisotopic (exact) mass is 512 g/mol. The number of thiazole rings is 1. The van der Waals surface area contributed by atoms with Gasteiger partial charge in [-0.25, -0.2) is 14.2 Å². The Labute approximate surface area is 197 Å². The summed E-state index contributed by atoms with van der Waals surface area (Å²) in [4.78, 5) is 41.5. The van der Waals surface area contributed by atoms with Crippen LogP contribution < -0.4 is 21.3 Å². The van der Waals surface area contributed by atoms with Crippen molar-refractivity contribution in [2.24, 2.45) is 14.1 Å². The minimum atomic E-state index is -5.07. The molecular weight excluding hydrogens is 496 g/mol. The molecule has 4 aromatic rings. The number of carbonyl (C=O) groups excluding carboxylic acids is 1. The molecule has 0 bridgehead atoms. The third-order valence-corrected chi connectivity index (χ3v) is 5.89. The fourth-order valence-electron chi connectivity index (χ4n) is 3.45. The molecule has 184 valence electrons. The first-order valence-electron chi connectivity index (χ1n) is 9.84. The van der Waals surface area contributed by atoms with Crippen LogP contribution in [0, 0.1) is 12.7 Å². The second-order valence-corrected chi connectivity index (χ2v) is 8.34. The number of furan rings is 1. The van der Waals surface area contributed by atoms with Crippen LogP contribution in [0.5, 0.6) is 5.75 Å². The smallest absolute Gasteiger partial charge is 0.444 e. The molecule has 0 unspecified atom stereocenters. The van der Waals surface area contributed by atoms with Crippen LogP contribution in [0.25, 0.3) is 22.4 Å². The Morgan fingerprint density at radius 1 is 1.23 bits per heavy atom. The highest BCUT2D eigenvalue weighted by Gasteiger charge is 2.32. The molecule has 1 aromatic carbocycles. The van der Waals surface area contributed by atoms with Crippen molar-refractivity contribution in [3.05, 3.63) is 61.6 Å². The van der Waals surface area contributed by atoms with Crippen LogP contribution in [-0.4, -0.2) is 26.4 Å². The number of anilines is 1. The number of amides is 1. The number of fused-ring (bicyclic) bond motifs is 1. The fourth-order valence-corrected chi connectivity index (χ4v) is 4.19. The van der Waals surface area contributed by atoms with Crippen molar-refractivity contribution in [1.29, 1.82) is 0 Å². The van der Waals surface area contributed by atoms with Crippen LogP contribution >= 0.6 is 11.3 Å². The Kier molecular flexibility index (Phi) is 6.00. The zero-order valence-electron chi connectivity index (χ0n) is 18.3. The van der Waals surface area contributed by atoms with E-state index in [4.69, 9.17) is 4.42 Å². The number of hydrogen-bond donors (Lipinski definition) is 1. The molecule has 14 heteroatoms. The summed E-state index contributed by atoms with van der Waals surface area (Å²) in [5, 5.41) is 4.24. The van der Waals surface area contributed by atoms with Gasteiger partial charge in [-0.3, -0.25) is 18.7 Å². The molecular formula is C21H16F4N4O5S. The lowest BCUT2D eigenvalue weighted by Crippen LogP contribution is -2.36. The summed E-state index contributed by atoms with van der Waals surface area (Å²) in [5.74, 6) is -2.46. The van der Waals surface area contributed by atoms with Crippen molar-refractivity contribution in [2.75, 3.05) is 5.32 Å². The predicted molar refractivity (Wildman–Crippen MR) is 118 cm³/mol. The summed E-state index contributed by atoms with van der Waals surface area (Å²) in [5.41, 5.74) is -0.504. The second kappa shape index (κ2) is 8.69. The van der Waals surface area contributed by atoms with Crippen LogP contribution in [-0.2, 0) is 25.3 Å². The van der Waals surface area contributed by atoms with Crippen molar-refractivity contribution in [1.82, 2.24) is 14.1 Å². The van der Waals surface area contributed by atoms with Gasteiger partial charge in [0.1, 0.15) is 11.1 Å². The average molecular weight is 512 g/mol. The number of halogens is 4. The van der Waals surface area contributed by atoms with Gasteiger partial charge in [0.05, 0.1) is 12.1 Å². The van der Waals surface area contributed by atoms with Crippen molar-refractivity contribution in [3.8, 4) is 17.0 Å². The van der Waals surface area contributed by atoms with Gasteiger partial charge in [0.2, 0.25) is 11.6 Å². The first-order valence-corrected chi connectivity index (χ1v) is 10.7. The quantitative estimate of drug-likeness (QED) is 0.410. The number of nitrogens with zero attached hydrogens (tertiary/aromatic N) is 3. The molecule has 0 saturated carbocycles. The van der Waals surface area contributed by atoms with Crippen LogP contribution in [0.15, 0.2) is 37.6 Å². The van der Waals surface area contributed by atoms with E-state index in [9.17, 15) is 31.9 Å². The molecule has 0 aliphatic heterocycles. The van der Waals surface area contributed by atoms with Gasteiger partial charge in [0.25, 0.3) is 5.56 Å². The number of benzene rings is 1. The van der Waals surface area contributed by atoms with Gasteiger partial charge in [-0.05, 0) is 25.1 Å². The van der Waals surface area contributed by atoms with Gasteiger partial charge in [-0.1, -0.05) is 0 Å². The third-order valence-electron chi connectivity index (χ3n) is 5.13. The normalized spacial score (nSPS) is 11.7. The highest BCUT2D eigenvalue weighted by atomic mass is 32.1. The molecule has 0 saturated heterocycles. The first-order chi connectivity index (χ1) is 16.4. The number of nitrogens with one attached hydrogen (secondary N) is 1. The van der Waals surface area contributed by atoms with Crippen molar-refractivity contribution < 1.29 is 31.5 Å². The molecule has 0 aliphatic carbocycles. The van der Waals surface area contributed by atoms with Crippen molar-refractivity contribution in [3.63, 3.8) is 0 Å². The SMILES string of the molecule is Cc1oc2c(c1CC(=O)Nc1nc(-c3ccc(F)c(OC(F)(F)F)c3)cs1)c(=O)n(C)c(=O)n2C. The van der Waals surface area contributed by atoms with E-state index in [1.807, 2.05) is 0 Å². The molecule has 9 nitrogen and oxygen atoms in total. The molecule has 0 radical (unpaired) electrons. The minimum Gasteiger partial charge on any atom is -0.444 e. The molecule has 1 amide bonds. The van der Waals surface area contributed by atoms with E-state index < -0.39 is 35.1 Å². The van der Waals surface area contributed by atoms with E-state index in [1.165, 1.54) is 25.5 Å². The number of aromatic nitrogens is 3. The maximum Gasteiger partial charge on any atom is 0.573 e. The van der Waals surface area contributed by atoms with E-state index in [2.05, 4.69) is 15.0 Å². The fraction of sp³-hybridized carbons (Fsp3) is 0.238. The molecule has 35 heavy (non-hydrogen) atoms. The second-order valence-electron chi connectivity index (χ2n) is 7.48. The summed E-state index contributed by atoms with van der Waals surface area (Å²) in [6.07, 6.45) is -5.33. The average Bonchev–Trinajstić information content (AvgIpc) is 3.36. The predicted octanol–water partition coefficient (Wildman–Crippen LogP) is 3.48. The van der Waals surface area contributed by atoms with Crippen LogP contribution in [0.2, 0.25) is 0 Å². The van der Waals surface area contributed by atoms with E-state index in [1.54, 1.807) is 6.92 Å². The summed E-state index contributed by atoms with van der Waals surface area (Å²) in [6.45, 7) is 1.56. The first kappa shape index (κ1) is 24.2. The zero-order valence-corrected chi connectivity index (χ0v) is 19.1. The summed E-state index contributed by atoms with van der Waals surface area (Å²) in [7, 11) is 2.75. The van der Waals surface area contributed by atoms with Crippen molar-refractivity contribution in [2.45, 2.75) is 19.7 Å². The highest BCUT2D eigenvalue weighted by molar-refractivity contribution is 7.14. The Morgan fingerprint density at radius 3 is 2.63 bits per heavy atom. The highest BCUT2D eigenvalue weighted by Crippen LogP contribution is 2.32. The summed E-state index contributed by atoms with van der Waals surface area (Å²) in [6, 6.07) is 2.89. The lowest BCUT2D eigenvalue weighted by molar-refractivity contribution is -0.275. The molecule has 0 atom stereocenters. The van der Waals surface area contributed by atoms with E-state index in [0.29, 0.717) is 5.56 Å². The molecule has 3 aromatic heterocycles. The summed E-state index contributed by atoms with van der Waals surface area (Å²) >= 11 is 0.992. The molecule has 0 fully saturated rings. The zero-order chi connectivity index (χ0) is 25.7. The third kappa shape index (κ3) is 4.69. The standard InChI is InChI=1S/C21H16F4N4O5S/c1-9-11(16-17(31)28(2)20(32)29(3)18(16)33-9)7-15(30)27-19-26-13(8-35-19)10-4-5-12(22)14(6-10)34-21(23,24)25/h4-6,8H,7H2,1-3H3,(H,26,27,30). The minimum absolute atomic E-state index is 0.0446. The largest absolute Gasteiger partial charge is 0.573 e. The van der Waals surface area contributed by atoms with E-state index in [0.717, 1.165) is 32.6 Å². The van der Waals surface area contributed by atoms with Crippen molar-refractivity contribution >= 4 is 33.5 Å². The number of ether oxygens (including phenoxy) is 1. The lowest BCUT2D eigenvalue weighted by atomic mass is 10.1. The van der Waals surface area contributed by atoms with Crippen LogP contribution in [0.1, 0.15) is 11.3 Å². The van der Waals surface area contributed by atoms with E-state index in [-0.39, 0.29) is 39.7 Å². The van der Waals surface area contributed by atoms with Gasteiger partial charge in [0.15, 0.2) is 16.7 Å². The number of carbonyl (C=O) groups is 1. The Bertz CT molecular complexity index is 1580. The maximum absolute atomic E-state index is 13.7. The number of alkyl halides is 3. The van der Waals surface area contributed by atoms with Crippen LogP contribution in [0.3, 0.4) is 0 Å². The summed E-state index contributed by atoms with van der Waals surface area (Å²) < 4.78 is 62.4. The molecule has 0 spiro atoms. The van der Waals surface area contributed by atoms with Gasteiger partial charge < -0.3 is 14.5 Å². The Morgan fingerprint density at radius 2 is 1.94 bits per heavy atom. The van der Waals surface area contributed by atoms with Crippen LogP contribution in [0.4, 0.5) is 22.7 Å². The molecule has 1 N–H and O–H groups in total. The lowest BCUT2D eigenvalue weighted by Gasteiger charge is -2.10. The van der Waals surface area contributed by atoms with Gasteiger partial charge >= 0.3 is 12.1 Å². The number of rotatable bonds is 5. The molecule has 4 rings (SSSR count). The number of aryl methyl sites for hydroxylation is 2. The molecule has 3 heterocycles. The Balaban J connectivity index is 1.57. The maximum atomic E-state index is 13.7.